The van der Waals surface area contributed by atoms with Crippen molar-refractivity contribution in [1.29, 1.82) is 0 Å². The number of carbonyl (C=O) groups is 1. The van der Waals surface area contributed by atoms with Crippen LogP contribution in [0.3, 0.4) is 0 Å². The Morgan fingerprint density at radius 1 is 1.21 bits per heavy atom. The molecule has 0 aliphatic carbocycles. The molecule has 0 unspecified atom stereocenters. The van der Waals surface area contributed by atoms with Crippen molar-refractivity contribution in [3.05, 3.63) is 66.1 Å². The molecule has 0 aliphatic heterocycles. The van der Waals surface area contributed by atoms with E-state index in [1.165, 1.54) is 12.3 Å². The first-order valence-electron chi connectivity index (χ1n) is 6.96. The molecule has 2 aromatic rings. The molecule has 1 aromatic carbocycles. The van der Waals surface area contributed by atoms with E-state index in [9.17, 15) is 18.0 Å². The number of rotatable bonds is 5. The third-order valence-corrected chi connectivity index (χ3v) is 2.91. The molecule has 1 heterocycles. The summed E-state index contributed by atoms with van der Waals surface area (Å²) in [6, 6.07) is 9.00. The summed E-state index contributed by atoms with van der Waals surface area (Å²) in [6.07, 6.45) is -1.27. The van der Waals surface area contributed by atoms with Crippen molar-refractivity contribution in [2.75, 3.05) is 14.1 Å². The number of para-hydroxylation sites is 1. The van der Waals surface area contributed by atoms with Gasteiger partial charge in [0.05, 0.1) is 5.56 Å². The molecule has 0 saturated carbocycles. The van der Waals surface area contributed by atoms with Gasteiger partial charge in [0.1, 0.15) is 5.75 Å². The van der Waals surface area contributed by atoms with Gasteiger partial charge in [-0.05, 0) is 18.2 Å². The number of benzene rings is 1. The number of halogens is 3. The summed E-state index contributed by atoms with van der Waals surface area (Å²) in [5.74, 6) is -0.489. The second-order valence-corrected chi connectivity index (χ2v) is 5.13. The maximum Gasteiger partial charge on any atom is 0.418 e. The maximum absolute atomic E-state index is 12.9. The number of carbonyl (C=O) groups excluding carboxylic acids is 1. The molecule has 0 bridgehead atoms. The smallest absolute Gasteiger partial charge is 0.418 e. The average Bonchev–Trinajstić information content (AvgIpc) is 2.52. The molecule has 1 aromatic heterocycles. The molecule has 7 heteroatoms. The number of ketones is 1. The van der Waals surface area contributed by atoms with E-state index in [1.54, 1.807) is 49.3 Å². The van der Waals surface area contributed by atoms with E-state index in [0.29, 0.717) is 11.9 Å². The summed E-state index contributed by atoms with van der Waals surface area (Å²) < 4.78 is 44.1. The van der Waals surface area contributed by atoms with Gasteiger partial charge < -0.3 is 9.64 Å². The summed E-state index contributed by atoms with van der Waals surface area (Å²) in [7, 11) is 3.43. The van der Waals surface area contributed by atoms with Crippen LogP contribution in [0, 0.1) is 0 Å². The Balaban J connectivity index is 2.44. The summed E-state index contributed by atoms with van der Waals surface area (Å²) in [5.41, 5.74) is -1.17. The number of hydrogen-bond acceptors (Lipinski definition) is 4. The maximum atomic E-state index is 12.9. The van der Waals surface area contributed by atoms with Gasteiger partial charge in [-0.25, -0.2) is 4.98 Å². The molecule has 0 aliphatic rings. The Labute approximate surface area is 137 Å². The Morgan fingerprint density at radius 3 is 2.46 bits per heavy atom. The molecular formula is C17H15F3N2O2. The van der Waals surface area contributed by atoms with Crippen LogP contribution in [-0.2, 0) is 6.18 Å². The summed E-state index contributed by atoms with van der Waals surface area (Å²) in [6.45, 7) is 0. The van der Waals surface area contributed by atoms with Gasteiger partial charge in [-0.3, -0.25) is 4.79 Å². The lowest BCUT2D eigenvalue weighted by Gasteiger charge is -2.12. The number of pyridine rings is 1. The van der Waals surface area contributed by atoms with Gasteiger partial charge in [-0.15, -0.1) is 0 Å². The zero-order chi connectivity index (χ0) is 17.7. The van der Waals surface area contributed by atoms with Crippen LogP contribution in [0.2, 0.25) is 0 Å². The fourth-order valence-electron chi connectivity index (χ4n) is 1.77. The highest BCUT2D eigenvalue weighted by Gasteiger charge is 2.32. The fourth-order valence-corrected chi connectivity index (χ4v) is 1.77. The topological polar surface area (TPSA) is 42.4 Å². The van der Waals surface area contributed by atoms with E-state index < -0.39 is 17.5 Å². The van der Waals surface area contributed by atoms with Crippen LogP contribution >= 0.6 is 0 Å². The third kappa shape index (κ3) is 4.58. The van der Waals surface area contributed by atoms with Gasteiger partial charge >= 0.3 is 6.18 Å². The van der Waals surface area contributed by atoms with Crippen molar-refractivity contribution in [3.8, 4) is 11.5 Å². The van der Waals surface area contributed by atoms with E-state index in [4.69, 9.17) is 4.74 Å². The molecule has 24 heavy (non-hydrogen) atoms. The molecule has 0 amide bonds. The summed E-state index contributed by atoms with van der Waals surface area (Å²) in [5, 5.41) is 0. The number of alkyl halides is 3. The highest BCUT2D eigenvalue weighted by molar-refractivity contribution is 6.05. The Hall–Kier alpha value is -2.83. The Morgan fingerprint density at radius 2 is 1.88 bits per heavy atom. The molecular weight excluding hydrogens is 321 g/mol. The van der Waals surface area contributed by atoms with Crippen LogP contribution in [0.25, 0.3) is 0 Å². The molecule has 126 valence electrons. The van der Waals surface area contributed by atoms with Crippen molar-refractivity contribution in [2.24, 2.45) is 0 Å². The van der Waals surface area contributed by atoms with Crippen molar-refractivity contribution < 1.29 is 22.7 Å². The van der Waals surface area contributed by atoms with Gasteiger partial charge in [0.25, 0.3) is 0 Å². The SMILES string of the molecule is CN(C)/C=C\C(=O)c1ncc(C(F)(F)F)cc1Oc1ccccc1. The molecule has 0 atom stereocenters. The van der Waals surface area contributed by atoms with Gasteiger partial charge in [0, 0.05) is 32.6 Å². The first-order valence-corrected chi connectivity index (χ1v) is 6.96. The predicted octanol–water partition coefficient (Wildman–Crippen LogP) is 4.15. The van der Waals surface area contributed by atoms with Crippen LogP contribution in [0.4, 0.5) is 13.2 Å². The lowest BCUT2D eigenvalue weighted by Crippen LogP contribution is -2.10. The second kappa shape index (κ2) is 7.16. The van der Waals surface area contributed by atoms with E-state index in [1.807, 2.05) is 0 Å². The summed E-state index contributed by atoms with van der Waals surface area (Å²) in [4.78, 5) is 17.5. The fraction of sp³-hybridized carbons (Fsp3) is 0.176. The molecule has 2 rings (SSSR count). The lowest BCUT2D eigenvalue weighted by atomic mass is 10.1. The van der Waals surface area contributed by atoms with Gasteiger partial charge in [0.2, 0.25) is 5.78 Å². The number of aromatic nitrogens is 1. The van der Waals surface area contributed by atoms with Crippen LogP contribution in [-0.4, -0.2) is 29.8 Å². The first kappa shape index (κ1) is 17.5. The van der Waals surface area contributed by atoms with E-state index in [2.05, 4.69) is 4.98 Å². The highest BCUT2D eigenvalue weighted by Crippen LogP contribution is 2.34. The number of ether oxygens (including phenoxy) is 1. The van der Waals surface area contributed by atoms with E-state index >= 15 is 0 Å². The largest absolute Gasteiger partial charge is 0.455 e. The lowest BCUT2D eigenvalue weighted by molar-refractivity contribution is -0.137. The standard InChI is InChI=1S/C17H15F3N2O2/c1-22(2)9-8-14(23)16-15(24-13-6-4-3-5-7-13)10-12(11-21-16)17(18,19)20/h3-11H,1-2H3/b9-8-. The Kier molecular flexibility index (Phi) is 5.23. The monoisotopic (exact) mass is 336 g/mol. The molecule has 0 N–H and O–H groups in total. The van der Waals surface area contributed by atoms with Crippen LogP contribution < -0.4 is 4.74 Å². The number of allylic oxidation sites excluding steroid dienone is 1. The van der Waals surface area contributed by atoms with Crippen molar-refractivity contribution >= 4 is 5.78 Å². The summed E-state index contributed by atoms with van der Waals surface area (Å²) >= 11 is 0. The number of hydrogen-bond donors (Lipinski definition) is 0. The quantitative estimate of drug-likeness (QED) is 0.608. The zero-order valence-electron chi connectivity index (χ0n) is 13.0. The van der Waals surface area contributed by atoms with Gasteiger partial charge in [-0.2, -0.15) is 13.2 Å². The normalized spacial score (nSPS) is 11.5. The molecule has 4 nitrogen and oxygen atoms in total. The predicted molar refractivity (Wildman–Crippen MR) is 82.9 cm³/mol. The molecule has 0 saturated heterocycles. The average molecular weight is 336 g/mol. The minimum absolute atomic E-state index is 0.190. The number of nitrogens with zero attached hydrogens (tertiary/aromatic N) is 2. The second-order valence-electron chi connectivity index (χ2n) is 5.13. The van der Waals surface area contributed by atoms with Crippen LogP contribution in [0.15, 0.2) is 54.9 Å². The van der Waals surface area contributed by atoms with Gasteiger partial charge in [0.15, 0.2) is 11.4 Å². The minimum atomic E-state index is -4.58. The highest BCUT2D eigenvalue weighted by atomic mass is 19.4. The minimum Gasteiger partial charge on any atom is -0.455 e. The van der Waals surface area contributed by atoms with Gasteiger partial charge in [-0.1, -0.05) is 18.2 Å². The first-order chi connectivity index (χ1) is 11.3. The van der Waals surface area contributed by atoms with Crippen LogP contribution in [0.5, 0.6) is 11.5 Å². The molecule has 0 radical (unpaired) electrons. The zero-order valence-corrected chi connectivity index (χ0v) is 13.0. The van der Waals surface area contributed by atoms with Crippen molar-refractivity contribution in [2.45, 2.75) is 6.18 Å². The van der Waals surface area contributed by atoms with E-state index in [0.717, 1.165) is 6.07 Å². The van der Waals surface area contributed by atoms with E-state index in [-0.39, 0.29) is 11.4 Å². The molecule has 0 spiro atoms. The molecule has 0 fully saturated rings. The Bertz CT molecular complexity index is 741. The van der Waals surface area contributed by atoms with Crippen LogP contribution in [0.1, 0.15) is 16.1 Å². The third-order valence-electron chi connectivity index (χ3n) is 2.91. The van der Waals surface area contributed by atoms with Crippen molar-refractivity contribution in [3.63, 3.8) is 0 Å². The van der Waals surface area contributed by atoms with Crippen molar-refractivity contribution in [1.82, 2.24) is 9.88 Å².